The minimum Gasteiger partial charge on any atom is -0.444 e. The molecular weight excluding hydrogens is 352 g/mol. The summed E-state index contributed by atoms with van der Waals surface area (Å²) in [7, 11) is 0. The van der Waals surface area contributed by atoms with Gasteiger partial charge in [-0.15, -0.1) is 11.3 Å². The average molecular weight is 377 g/mol. The molecule has 1 aromatic rings. The van der Waals surface area contributed by atoms with Crippen LogP contribution in [0.2, 0.25) is 0 Å². The summed E-state index contributed by atoms with van der Waals surface area (Å²) in [6, 6.07) is 2.27. The maximum Gasteiger partial charge on any atom is 0.408 e. The smallest absolute Gasteiger partial charge is 0.408 e. The lowest BCUT2D eigenvalue weighted by atomic mass is 10.1. The van der Waals surface area contributed by atoms with Crippen molar-refractivity contribution in [3.8, 4) is 0 Å². The van der Waals surface area contributed by atoms with Crippen LogP contribution in [0.1, 0.15) is 52.5 Å². The van der Waals surface area contributed by atoms with Crippen LogP contribution in [0.4, 0.5) is 4.79 Å². The molecule has 4 nitrogen and oxygen atoms in total. The number of alkyl carbamates (subject to hydrolysis) is 1. The van der Waals surface area contributed by atoms with E-state index in [1.165, 1.54) is 4.88 Å². The average Bonchev–Trinajstić information content (AvgIpc) is 2.69. The predicted octanol–water partition coefficient (Wildman–Crippen LogP) is 4.46. The van der Waals surface area contributed by atoms with E-state index < -0.39 is 5.60 Å². The number of nitrogens with one attached hydrogen (secondary N) is 2. The summed E-state index contributed by atoms with van der Waals surface area (Å²) in [5.74, 6) is 0. The summed E-state index contributed by atoms with van der Waals surface area (Å²) >= 11 is 5.25. The van der Waals surface area contributed by atoms with Crippen LogP contribution in [-0.4, -0.2) is 23.8 Å². The van der Waals surface area contributed by atoms with E-state index in [9.17, 15) is 4.79 Å². The topological polar surface area (TPSA) is 50.4 Å². The van der Waals surface area contributed by atoms with Gasteiger partial charge in [0.25, 0.3) is 0 Å². The monoisotopic (exact) mass is 376 g/mol. The Balaban J connectivity index is 2.49. The Bertz CT molecular complexity index is 480. The van der Waals surface area contributed by atoms with Crippen LogP contribution in [0, 0.1) is 0 Å². The molecule has 1 heterocycles. The van der Waals surface area contributed by atoms with E-state index in [2.05, 4.69) is 38.9 Å². The maximum absolute atomic E-state index is 11.8. The van der Waals surface area contributed by atoms with E-state index in [-0.39, 0.29) is 17.7 Å². The normalized spacial score (nSPS) is 13.9. The first-order valence-electron chi connectivity index (χ1n) is 6.97. The highest BCUT2D eigenvalue weighted by molar-refractivity contribution is 9.10. The molecule has 0 aliphatic heterocycles. The number of hydrogen-bond acceptors (Lipinski definition) is 4. The zero-order valence-electron chi connectivity index (χ0n) is 13.5. The largest absolute Gasteiger partial charge is 0.444 e. The lowest BCUT2D eigenvalue weighted by molar-refractivity contribution is 0.0471. The molecule has 0 aromatic carbocycles. The van der Waals surface area contributed by atoms with Gasteiger partial charge >= 0.3 is 6.09 Å². The first kappa shape index (κ1) is 18.5. The Hall–Kier alpha value is -0.590. The standard InChI is InChI=1S/C15H25BrN2O2S/c1-10(12-11(16)7-8-21-12)17-9-15(5,6)18-13(19)20-14(2,3)4/h7-8,10,17H,9H2,1-6H3,(H,18,19). The van der Waals surface area contributed by atoms with Crippen LogP contribution in [0.15, 0.2) is 15.9 Å². The molecule has 1 aromatic heterocycles. The Morgan fingerprint density at radius 3 is 2.48 bits per heavy atom. The molecule has 6 heteroatoms. The number of rotatable bonds is 5. The first-order chi connectivity index (χ1) is 9.50. The molecule has 1 amide bonds. The first-order valence-corrected chi connectivity index (χ1v) is 8.65. The van der Waals surface area contributed by atoms with Gasteiger partial charge in [0, 0.05) is 21.9 Å². The van der Waals surface area contributed by atoms with E-state index in [0.717, 1.165) is 4.47 Å². The van der Waals surface area contributed by atoms with Crippen molar-refractivity contribution in [2.75, 3.05) is 6.54 Å². The molecule has 0 saturated heterocycles. The molecule has 0 bridgehead atoms. The number of thiophene rings is 1. The second-order valence-electron chi connectivity index (χ2n) is 6.75. The van der Waals surface area contributed by atoms with E-state index in [1.807, 2.05) is 40.7 Å². The van der Waals surface area contributed by atoms with Crippen molar-refractivity contribution in [3.05, 3.63) is 20.8 Å². The lowest BCUT2D eigenvalue weighted by Crippen LogP contribution is -2.51. The number of amides is 1. The zero-order chi connectivity index (χ0) is 16.3. The van der Waals surface area contributed by atoms with Gasteiger partial charge in [0.05, 0.1) is 5.54 Å². The number of carbonyl (C=O) groups excluding carboxylic acids is 1. The molecular formula is C15H25BrN2O2S. The second kappa shape index (κ2) is 7.11. The highest BCUT2D eigenvalue weighted by atomic mass is 79.9. The molecule has 1 atom stereocenters. The third kappa shape index (κ3) is 6.80. The summed E-state index contributed by atoms with van der Waals surface area (Å²) in [5, 5.41) is 8.40. The number of carbonyl (C=O) groups is 1. The fourth-order valence-corrected chi connectivity index (χ4v) is 3.49. The minimum absolute atomic E-state index is 0.221. The van der Waals surface area contributed by atoms with Crippen molar-refractivity contribution in [2.24, 2.45) is 0 Å². The van der Waals surface area contributed by atoms with Gasteiger partial charge in [-0.05, 0) is 68.9 Å². The van der Waals surface area contributed by atoms with Crippen LogP contribution >= 0.6 is 27.3 Å². The predicted molar refractivity (Wildman–Crippen MR) is 91.9 cm³/mol. The van der Waals surface area contributed by atoms with Crippen molar-refractivity contribution in [2.45, 2.75) is 58.7 Å². The third-order valence-electron chi connectivity index (χ3n) is 2.73. The molecule has 1 rings (SSSR count). The van der Waals surface area contributed by atoms with Gasteiger partial charge in [-0.3, -0.25) is 0 Å². The Morgan fingerprint density at radius 1 is 1.38 bits per heavy atom. The Kier molecular flexibility index (Phi) is 6.25. The van der Waals surface area contributed by atoms with Gasteiger partial charge in [-0.2, -0.15) is 0 Å². The minimum atomic E-state index is -0.483. The van der Waals surface area contributed by atoms with Crippen molar-refractivity contribution >= 4 is 33.4 Å². The molecule has 0 spiro atoms. The lowest BCUT2D eigenvalue weighted by Gasteiger charge is -2.30. The fourth-order valence-electron chi connectivity index (χ4n) is 1.74. The molecule has 120 valence electrons. The van der Waals surface area contributed by atoms with Crippen LogP contribution in [-0.2, 0) is 4.74 Å². The highest BCUT2D eigenvalue weighted by Gasteiger charge is 2.25. The highest BCUT2D eigenvalue weighted by Crippen LogP contribution is 2.28. The van der Waals surface area contributed by atoms with Gasteiger partial charge in [0.2, 0.25) is 0 Å². The molecule has 0 radical (unpaired) electrons. The van der Waals surface area contributed by atoms with Crippen LogP contribution in [0.3, 0.4) is 0 Å². The van der Waals surface area contributed by atoms with Crippen LogP contribution in [0.5, 0.6) is 0 Å². The molecule has 0 saturated carbocycles. The van der Waals surface area contributed by atoms with E-state index in [0.29, 0.717) is 6.54 Å². The quantitative estimate of drug-likeness (QED) is 0.796. The van der Waals surface area contributed by atoms with Crippen molar-refractivity contribution < 1.29 is 9.53 Å². The zero-order valence-corrected chi connectivity index (χ0v) is 15.9. The van der Waals surface area contributed by atoms with Gasteiger partial charge < -0.3 is 15.4 Å². The van der Waals surface area contributed by atoms with Crippen molar-refractivity contribution in [1.29, 1.82) is 0 Å². The summed E-state index contributed by atoms with van der Waals surface area (Å²) in [6.45, 7) is 12.3. The van der Waals surface area contributed by atoms with Crippen molar-refractivity contribution in [3.63, 3.8) is 0 Å². The summed E-state index contributed by atoms with van der Waals surface area (Å²) in [5.41, 5.74) is -0.872. The Morgan fingerprint density at radius 2 is 2.00 bits per heavy atom. The third-order valence-corrected chi connectivity index (χ3v) is 4.78. The number of ether oxygens (including phenoxy) is 1. The molecule has 0 aliphatic rings. The van der Waals surface area contributed by atoms with E-state index in [4.69, 9.17) is 4.74 Å². The van der Waals surface area contributed by atoms with Crippen LogP contribution in [0.25, 0.3) is 0 Å². The summed E-state index contributed by atoms with van der Waals surface area (Å²) in [6.07, 6.45) is -0.390. The summed E-state index contributed by atoms with van der Waals surface area (Å²) < 4.78 is 6.40. The SMILES string of the molecule is CC(NCC(C)(C)NC(=O)OC(C)(C)C)c1sccc1Br. The van der Waals surface area contributed by atoms with E-state index in [1.54, 1.807) is 11.3 Å². The van der Waals surface area contributed by atoms with Gasteiger partial charge in [-0.1, -0.05) is 0 Å². The van der Waals surface area contributed by atoms with Crippen molar-refractivity contribution in [1.82, 2.24) is 10.6 Å². The second-order valence-corrected chi connectivity index (χ2v) is 8.55. The molecule has 2 N–H and O–H groups in total. The van der Waals surface area contributed by atoms with Gasteiger partial charge in [-0.25, -0.2) is 4.79 Å². The Labute approximate surface area is 139 Å². The van der Waals surface area contributed by atoms with E-state index >= 15 is 0 Å². The molecule has 0 aliphatic carbocycles. The van der Waals surface area contributed by atoms with Gasteiger partial charge in [0.1, 0.15) is 5.60 Å². The number of halogens is 1. The van der Waals surface area contributed by atoms with Gasteiger partial charge in [0.15, 0.2) is 0 Å². The molecule has 21 heavy (non-hydrogen) atoms. The fraction of sp³-hybridized carbons (Fsp3) is 0.667. The van der Waals surface area contributed by atoms with Crippen LogP contribution < -0.4 is 10.6 Å². The maximum atomic E-state index is 11.8. The summed E-state index contributed by atoms with van der Waals surface area (Å²) in [4.78, 5) is 13.1. The number of hydrogen-bond donors (Lipinski definition) is 2. The molecule has 1 unspecified atom stereocenters. The molecule has 0 fully saturated rings.